The number of para-hydroxylation sites is 1. The number of anilines is 1. The molecule has 1 aliphatic heterocycles. The second-order valence-corrected chi connectivity index (χ2v) is 5.62. The highest BCUT2D eigenvalue weighted by Gasteiger charge is 2.13. The van der Waals surface area contributed by atoms with Gasteiger partial charge in [0.1, 0.15) is 0 Å². The molecule has 94 valence electrons. The van der Waals surface area contributed by atoms with Gasteiger partial charge in [-0.25, -0.2) is 0 Å². The van der Waals surface area contributed by atoms with E-state index < -0.39 is 0 Å². The zero-order valence-corrected chi connectivity index (χ0v) is 11.7. The van der Waals surface area contributed by atoms with Crippen LogP contribution in [0.3, 0.4) is 0 Å². The van der Waals surface area contributed by atoms with Gasteiger partial charge in [0.2, 0.25) is 0 Å². The molecule has 1 aliphatic rings. The zero-order valence-electron chi connectivity index (χ0n) is 10.1. The summed E-state index contributed by atoms with van der Waals surface area (Å²) in [6.07, 6.45) is 4.20. The zero-order chi connectivity index (χ0) is 12.4. The lowest BCUT2D eigenvalue weighted by atomic mass is 10.1. The molecule has 1 aromatic carbocycles. The molecule has 0 unspecified atom stereocenters. The maximum absolute atomic E-state index is 4.52. The first-order chi connectivity index (χ1) is 8.83. The van der Waals surface area contributed by atoms with E-state index in [1.54, 1.807) is 0 Å². The summed E-state index contributed by atoms with van der Waals surface area (Å²) in [4.78, 5) is 4.52. The second kappa shape index (κ2) is 5.24. The minimum Gasteiger partial charge on any atom is -0.380 e. The molecule has 3 rings (SSSR count). The minimum absolute atomic E-state index is 0.558. The Hall–Kier alpha value is -1.13. The monoisotopic (exact) mass is 305 g/mol. The highest BCUT2D eigenvalue weighted by molar-refractivity contribution is 9.10. The lowest BCUT2D eigenvalue weighted by Gasteiger charge is -2.25. The molecule has 2 aromatic rings. The Kier molecular flexibility index (Phi) is 3.48. The fraction of sp³-hybridized carbons (Fsp3) is 0.357. The fourth-order valence-corrected chi connectivity index (χ4v) is 2.79. The van der Waals surface area contributed by atoms with Crippen LogP contribution in [0.2, 0.25) is 0 Å². The van der Waals surface area contributed by atoms with Crippen LogP contribution < -0.4 is 10.6 Å². The van der Waals surface area contributed by atoms with Crippen LogP contribution in [0.4, 0.5) is 5.69 Å². The van der Waals surface area contributed by atoms with Crippen molar-refractivity contribution < 1.29 is 0 Å². The number of piperidine rings is 1. The Morgan fingerprint density at radius 3 is 2.94 bits per heavy atom. The van der Waals surface area contributed by atoms with Crippen molar-refractivity contribution in [3.8, 4) is 0 Å². The van der Waals surface area contributed by atoms with Crippen LogP contribution >= 0.6 is 15.9 Å². The van der Waals surface area contributed by atoms with Crippen LogP contribution in [-0.4, -0.2) is 24.1 Å². The summed E-state index contributed by atoms with van der Waals surface area (Å²) in [6, 6.07) is 8.96. The minimum atomic E-state index is 0.558. The number of rotatable bonds is 2. The van der Waals surface area contributed by atoms with Crippen LogP contribution in [0, 0.1) is 0 Å². The summed E-state index contributed by atoms with van der Waals surface area (Å²) in [7, 11) is 0. The van der Waals surface area contributed by atoms with Crippen LogP contribution in [0.25, 0.3) is 10.9 Å². The number of nitrogens with zero attached hydrogens (tertiary/aromatic N) is 1. The molecular weight excluding hydrogens is 290 g/mol. The van der Waals surface area contributed by atoms with Gasteiger partial charge in [0.15, 0.2) is 0 Å². The van der Waals surface area contributed by atoms with Crippen molar-refractivity contribution >= 4 is 32.5 Å². The molecule has 0 aliphatic carbocycles. The van der Waals surface area contributed by atoms with Crippen molar-refractivity contribution in [3.05, 3.63) is 34.9 Å². The first-order valence-corrected chi connectivity index (χ1v) is 7.14. The maximum atomic E-state index is 4.52. The third-order valence-electron chi connectivity index (χ3n) is 3.38. The summed E-state index contributed by atoms with van der Waals surface area (Å²) in [5.41, 5.74) is 2.20. The molecule has 1 fully saturated rings. The van der Waals surface area contributed by atoms with Gasteiger partial charge in [-0.1, -0.05) is 12.1 Å². The molecule has 3 nitrogen and oxygen atoms in total. The average molecular weight is 306 g/mol. The Morgan fingerprint density at radius 1 is 1.28 bits per heavy atom. The summed E-state index contributed by atoms with van der Waals surface area (Å²) >= 11 is 3.46. The first kappa shape index (κ1) is 11.9. The highest BCUT2D eigenvalue weighted by Crippen LogP contribution is 2.25. The maximum Gasteiger partial charge on any atom is 0.0934 e. The molecule has 18 heavy (non-hydrogen) atoms. The summed E-state index contributed by atoms with van der Waals surface area (Å²) in [6.45, 7) is 2.20. The largest absolute Gasteiger partial charge is 0.380 e. The lowest BCUT2D eigenvalue weighted by Crippen LogP contribution is -2.35. The van der Waals surface area contributed by atoms with Crippen molar-refractivity contribution in [1.29, 1.82) is 0 Å². The predicted octanol–water partition coefficient (Wildman–Crippen LogP) is 3.16. The van der Waals surface area contributed by atoms with E-state index in [1.165, 1.54) is 18.2 Å². The number of nitrogens with one attached hydrogen (secondary N) is 2. The normalized spacial score (nSPS) is 16.9. The van der Waals surface area contributed by atoms with Gasteiger partial charge in [-0.2, -0.15) is 0 Å². The van der Waals surface area contributed by atoms with Gasteiger partial charge < -0.3 is 10.6 Å². The van der Waals surface area contributed by atoms with Gasteiger partial charge >= 0.3 is 0 Å². The van der Waals surface area contributed by atoms with Crippen molar-refractivity contribution in [3.63, 3.8) is 0 Å². The fourth-order valence-electron chi connectivity index (χ4n) is 2.44. The number of halogens is 1. The van der Waals surface area contributed by atoms with Gasteiger partial charge in [-0.05, 0) is 54.0 Å². The van der Waals surface area contributed by atoms with Gasteiger partial charge in [0, 0.05) is 22.1 Å². The van der Waals surface area contributed by atoms with Crippen LogP contribution in [0.5, 0.6) is 0 Å². The molecule has 4 heteroatoms. The lowest BCUT2D eigenvalue weighted by molar-refractivity contribution is 0.479. The van der Waals surface area contributed by atoms with E-state index in [2.05, 4.69) is 55.8 Å². The molecule has 1 saturated heterocycles. The molecule has 0 bridgehead atoms. The van der Waals surface area contributed by atoms with Crippen LogP contribution in [-0.2, 0) is 0 Å². The van der Waals surface area contributed by atoms with E-state index in [9.17, 15) is 0 Å². The molecule has 0 saturated carbocycles. The number of fused-ring (bicyclic) bond motifs is 1. The van der Waals surface area contributed by atoms with Crippen molar-refractivity contribution in [1.82, 2.24) is 10.3 Å². The highest BCUT2D eigenvalue weighted by atomic mass is 79.9. The summed E-state index contributed by atoms with van der Waals surface area (Å²) in [5.74, 6) is 0. The molecule has 1 aromatic heterocycles. The standard InChI is InChI=1S/C14H16BrN3/c15-11-8-10-2-1-3-13(14(10)17-9-11)18-12-4-6-16-7-5-12/h1-3,8-9,12,16,18H,4-7H2. The molecule has 0 spiro atoms. The number of pyridine rings is 1. The second-order valence-electron chi connectivity index (χ2n) is 4.70. The SMILES string of the molecule is Brc1cnc2c(NC3CCNCC3)cccc2c1. The third-order valence-corrected chi connectivity index (χ3v) is 3.81. The van der Waals surface area contributed by atoms with Crippen molar-refractivity contribution in [2.45, 2.75) is 18.9 Å². The topological polar surface area (TPSA) is 37.0 Å². The Labute approximate surface area is 115 Å². The molecule has 2 N–H and O–H groups in total. The Morgan fingerprint density at radius 2 is 2.11 bits per heavy atom. The quantitative estimate of drug-likeness (QED) is 0.895. The number of hydrogen-bond donors (Lipinski definition) is 2. The van der Waals surface area contributed by atoms with Crippen LogP contribution in [0.15, 0.2) is 34.9 Å². The predicted molar refractivity (Wildman–Crippen MR) is 79.0 cm³/mol. The van der Waals surface area contributed by atoms with E-state index in [1.807, 2.05) is 6.20 Å². The van der Waals surface area contributed by atoms with Crippen molar-refractivity contribution in [2.75, 3.05) is 18.4 Å². The molecule has 0 radical (unpaired) electrons. The van der Waals surface area contributed by atoms with E-state index in [4.69, 9.17) is 0 Å². The van der Waals surface area contributed by atoms with E-state index in [0.29, 0.717) is 6.04 Å². The van der Waals surface area contributed by atoms with Crippen molar-refractivity contribution in [2.24, 2.45) is 0 Å². The van der Waals surface area contributed by atoms with E-state index in [-0.39, 0.29) is 0 Å². The first-order valence-electron chi connectivity index (χ1n) is 6.34. The smallest absolute Gasteiger partial charge is 0.0934 e. The van der Waals surface area contributed by atoms with Gasteiger partial charge in [0.05, 0.1) is 11.2 Å². The Bertz CT molecular complexity index is 550. The number of aromatic nitrogens is 1. The van der Waals surface area contributed by atoms with Crippen LogP contribution in [0.1, 0.15) is 12.8 Å². The molecule has 2 heterocycles. The van der Waals surface area contributed by atoms with E-state index in [0.717, 1.165) is 28.8 Å². The molecular formula is C14H16BrN3. The molecule has 0 amide bonds. The number of benzene rings is 1. The summed E-state index contributed by atoms with van der Waals surface area (Å²) < 4.78 is 1.02. The third kappa shape index (κ3) is 2.49. The van der Waals surface area contributed by atoms with Gasteiger partial charge in [0.25, 0.3) is 0 Å². The van der Waals surface area contributed by atoms with Gasteiger partial charge in [-0.3, -0.25) is 4.98 Å². The summed E-state index contributed by atoms with van der Waals surface area (Å²) in [5, 5.41) is 8.18. The van der Waals surface area contributed by atoms with Gasteiger partial charge in [-0.15, -0.1) is 0 Å². The molecule has 0 atom stereocenters. The number of hydrogen-bond acceptors (Lipinski definition) is 3. The van der Waals surface area contributed by atoms with E-state index >= 15 is 0 Å². The average Bonchev–Trinajstić information content (AvgIpc) is 2.40. The Balaban J connectivity index is 1.91.